The summed E-state index contributed by atoms with van der Waals surface area (Å²) in [5.74, 6) is -0.531. The summed E-state index contributed by atoms with van der Waals surface area (Å²) in [5, 5.41) is 3.07. The second-order valence-electron chi connectivity index (χ2n) is 7.42. The predicted molar refractivity (Wildman–Crippen MR) is 117 cm³/mol. The molecule has 0 bridgehead atoms. The normalized spacial score (nSPS) is 15.7. The molecule has 1 aliphatic heterocycles. The molecule has 1 aliphatic rings. The van der Waals surface area contributed by atoms with E-state index in [4.69, 9.17) is 0 Å². The minimum Gasteiger partial charge on any atom is -0.369 e. The summed E-state index contributed by atoms with van der Waals surface area (Å²) in [6, 6.07) is 23.6. The summed E-state index contributed by atoms with van der Waals surface area (Å²) in [7, 11) is 2.15. The smallest absolute Gasteiger partial charge is 0.237 e. The van der Waals surface area contributed by atoms with Gasteiger partial charge in [0.1, 0.15) is 5.92 Å². The average molecular weight is 386 g/mol. The van der Waals surface area contributed by atoms with Gasteiger partial charge in [0.2, 0.25) is 5.91 Å². The predicted octanol–water partition coefficient (Wildman–Crippen LogP) is 3.60. The summed E-state index contributed by atoms with van der Waals surface area (Å²) in [5.41, 5.74) is 3.66. The molecule has 0 saturated carbocycles. The van der Waals surface area contributed by atoms with E-state index < -0.39 is 5.92 Å². The van der Waals surface area contributed by atoms with Crippen LogP contribution in [0.1, 0.15) is 17.2 Å². The SMILES string of the molecule is CN1CCN(c2ccc(NC(=O)C(c3ccccc3)c3ccccn3)cc2)CC1. The Morgan fingerprint density at radius 2 is 1.59 bits per heavy atom. The van der Waals surface area contributed by atoms with Crippen molar-refractivity contribution >= 4 is 17.3 Å². The Morgan fingerprint density at radius 3 is 2.24 bits per heavy atom. The van der Waals surface area contributed by atoms with E-state index in [1.54, 1.807) is 6.20 Å². The van der Waals surface area contributed by atoms with Gasteiger partial charge in [-0.25, -0.2) is 0 Å². The maximum atomic E-state index is 13.2. The van der Waals surface area contributed by atoms with Crippen LogP contribution in [0.3, 0.4) is 0 Å². The molecule has 5 heteroatoms. The molecule has 1 aromatic heterocycles. The third-order valence-electron chi connectivity index (χ3n) is 5.38. The minimum absolute atomic E-state index is 0.0813. The van der Waals surface area contributed by atoms with Crippen molar-refractivity contribution in [3.05, 3.63) is 90.3 Å². The molecule has 29 heavy (non-hydrogen) atoms. The van der Waals surface area contributed by atoms with E-state index in [2.05, 4.69) is 39.3 Å². The Balaban J connectivity index is 1.50. The Hall–Kier alpha value is -3.18. The Bertz CT molecular complexity index is 881. The summed E-state index contributed by atoms with van der Waals surface area (Å²) in [4.78, 5) is 22.3. The molecule has 2 aromatic carbocycles. The number of nitrogens with one attached hydrogen (secondary N) is 1. The minimum atomic E-state index is -0.449. The quantitative estimate of drug-likeness (QED) is 0.728. The van der Waals surface area contributed by atoms with Crippen LogP contribution >= 0.6 is 0 Å². The lowest BCUT2D eigenvalue weighted by molar-refractivity contribution is -0.116. The molecule has 3 aromatic rings. The number of carbonyl (C=O) groups is 1. The molecular formula is C24H26N4O. The fraction of sp³-hybridized carbons (Fsp3) is 0.250. The summed E-state index contributed by atoms with van der Waals surface area (Å²) >= 11 is 0. The monoisotopic (exact) mass is 386 g/mol. The van der Waals surface area contributed by atoms with E-state index in [0.29, 0.717) is 0 Å². The van der Waals surface area contributed by atoms with Gasteiger partial charge >= 0.3 is 0 Å². The second kappa shape index (κ2) is 8.88. The van der Waals surface area contributed by atoms with E-state index in [1.165, 1.54) is 5.69 Å². The molecule has 1 saturated heterocycles. The number of aromatic nitrogens is 1. The average Bonchev–Trinajstić information content (AvgIpc) is 2.77. The van der Waals surface area contributed by atoms with Gasteiger partial charge in [-0.15, -0.1) is 0 Å². The van der Waals surface area contributed by atoms with Crippen molar-refractivity contribution in [2.75, 3.05) is 43.4 Å². The molecule has 2 heterocycles. The van der Waals surface area contributed by atoms with E-state index in [0.717, 1.165) is 43.1 Å². The van der Waals surface area contributed by atoms with Gasteiger partial charge in [0.05, 0.1) is 5.69 Å². The zero-order valence-electron chi connectivity index (χ0n) is 16.7. The van der Waals surface area contributed by atoms with Crippen LogP contribution in [-0.4, -0.2) is 49.0 Å². The van der Waals surface area contributed by atoms with Crippen LogP contribution in [0.25, 0.3) is 0 Å². The van der Waals surface area contributed by atoms with Crippen molar-refractivity contribution in [2.24, 2.45) is 0 Å². The first-order valence-corrected chi connectivity index (χ1v) is 10.0. The van der Waals surface area contributed by atoms with Crippen molar-refractivity contribution in [3.8, 4) is 0 Å². The standard InChI is InChI=1S/C24H26N4O/c1-27-15-17-28(18-16-27)21-12-10-20(11-13-21)26-24(29)23(19-7-3-2-4-8-19)22-9-5-6-14-25-22/h2-14,23H,15-18H2,1H3,(H,26,29). The molecule has 0 aliphatic carbocycles. The number of rotatable bonds is 5. The van der Waals surface area contributed by atoms with Gasteiger partial charge in [-0.1, -0.05) is 36.4 Å². The van der Waals surface area contributed by atoms with Gasteiger partial charge < -0.3 is 15.1 Å². The number of pyridine rings is 1. The molecule has 1 N–H and O–H groups in total. The Morgan fingerprint density at radius 1 is 0.897 bits per heavy atom. The summed E-state index contributed by atoms with van der Waals surface area (Å²) < 4.78 is 0. The van der Waals surface area contributed by atoms with Crippen LogP contribution in [0.2, 0.25) is 0 Å². The first-order chi connectivity index (χ1) is 14.2. The fourth-order valence-electron chi connectivity index (χ4n) is 3.68. The zero-order valence-corrected chi connectivity index (χ0v) is 16.7. The van der Waals surface area contributed by atoms with Crippen LogP contribution < -0.4 is 10.2 Å². The second-order valence-corrected chi connectivity index (χ2v) is 7.42. The molecule has 1 fully saturated rings. The molecule has 1 atom stereocenters. The van der Waals surface area contributed by atoms with Crippen molar-refractivity contribution in [3.63, 3.8) is 0 Å². The highest BCUT2D eigenvalue weighted by Crippen LogP contribution is 2.26. The molecule has 4 rings (SSSR count). The van der Waals surface area contributed by atoms with E-state index in [1.807, 2.05) is 60.7 Å². The number of likely N-dealkylation sites (N-methyl/N-ethyl adjacent to an activating group) is 1. The van der Waals surface area contributed by atoms with Crippen molar-refractivity contribution < 1.29 is 4.79 Å². The lowest BCUT2D eigenvalue weighted by Crippen LogP contribution is -2.44. The van der Waals surface area contributed by atoms with Crippen molar-refractivity contribution in [2.45, 2.75) is 5.92 Å². The number of piperazine rings is 1. The van der Waals surface area contributed by atoms with Gasteiger partial charge in [0.25, 0.3) is 0 Å². The van der Waals surface area contributed by atoms with Gasteiger partial charge in [-0.05, 0) is 49.0 Å². The molecule has 5 nitrogen and oxygen atoms in total. The zero-order chi connectivity index (χ0) is 20.1. The van der Waals surface area contributed by atoms with E-state index in [-0.39, 0.29) is 5.91 Å². The number of anilines is 2. The maximum absolute atomic E-state index is 13.2. The lowest BCUT2D eigenvalue weighted by atomic mass is 9.94. The summed E-state index contributed by atoms with van der Waals surface area (Å²) in [6.07, 6.45) is 1.73. The van der Waals surface area contributed by atoms with E-state index >= 15 is 0 Å². The number of carbonyl (C=O) groups excluding carboxylic acids is 1. The third kappa shape index (κ3) is 4.63. The number of amides is 1. The Labute approximate surface area is 172 Å². The molecule has 148 valence electrons. The number of nitrogens with zero attached hydrogens (tertiary/aromatic N) is 3. The molecule has 1 amide bonds. The van der Waals surface area contributed by atoms with Gasteiger partial charge in [0.15, 0.2) is 0 Å². The lowest BCUT2D eigenvalue weighted by Gasteiger charge is -2.34. The molecule has 1 unspecified atom stereocenters. The number of benzene rings is 2. The highest BCUT2D eigenvalue weighted by atomic mass is 16.1. The van der Waals surface area contributed by atoms with Crippen LogP contribution in [0, 0.1) is 0 Å². The van der Waals surface area contributed by atoms with Crippen molar-refractivity contribution in [1.29, 1.82) is 0 Å². The first-order valence-electron chi connectivity index (χ1n) is 10.0. The highest BCUT2D eigenvalue weighted by Gasteiger charge is 2.24. The van der Waals surface area contributed by atoms with Gasteiger partial charge in [0, 0.05) is 43.8 Å². The van der Waals surface area contributed by atoms with Crippen LogP contribution in [0.5, 0.6) is 0 Å². The molecule has 0 spiro atoms. The molecule has 0 radical (unpaired) electrons. The highest BCUT2D eigenvalue weighted by molar-refractivity contribution is 5.98. The van der Waals surface area contributed by atoms with Crippen LogP contribution in [0.15, 0.2) is 79.0 Å². The largest absolute Gasteiger partial charge is 0.369 e. The molecular weight excluding hydrogens is 360 g/mol. The number of hydrogen-bond donors (Lipinski definition) is 1. The fourth-order valence-corrected chi connectivity index (χ4v) is 3.68. The number of hydrogen-bond acceptors (Lipinski definition) is 4. The van der Waals surface area contributed by atoms with E-state index in [9.17, 15) is 4.79 Å². The first kappa shape index (κ1) is 19.2. The van der Waals surface area contributed by atoms with Gasteiger partial charge in [-0.3, -0.25) is 9.78 Å². The van der Waals surface area contributed by atoms with Crippen LogP contribution in [0.4, 0.5) is 11.4 Å². The Kier molecular flexibility index (Phi) is 5.86. The van der Waals surface area contributed by atoms with Gasteiger partial charge in [-0.2, -0.15) is 0 Å². The third-order valence-corrected chi connectivity index (χ3v) is 5.38. The topological polar surface area (TPSA) is 48.5 Å². The summed E-state index contributed by atoms with van der Waals surface area (Å²) in [6.45, 7) is 4.19. The van der Waals surface area contributed by atoms with Crippen molar-refractivity contribution in [1.82, 2.24) is 9.88 Å². The maximum Gasteiger partial charge on any atom is 0.237 e. The van der Waals surface area contributed by atoms with Crippen LogP contribution in [-0.2, 0) is 4.79 Å².